The lowest BCUT2D eigenvalue weighted by Crippen LogP contribution is -2.33. The molecule has 9 heteroatoms. The lowest BCUT2D eigenvalue weighted by Gasteiger charge is -2.06. The van der Waals surface area contributed by atoms with Gasteiger partial charge in [0, 0.05) is 12.1 Å². The molecule has 0 aliphatic heterocycles. The van der Waals surface area contributed by atoms with E-state index in [9.17, 15) is 14.0 Å². The predicted octanol–water partition coefficient (Wildman–Crippen LogP) is 2.91. The Morgan fingerprint density at radius 1 is 1.18 bits per heavy atom. The third-order valence-electron chi connectivity index (χ3n) is 4.68. The first-order valence-corrected chi connectivity index (χ1v) is 10.4. The highest BCUT2D eigenvalue weighted by Gasteiger charge is 2.16. The number of halogens is 1. The van der Waals surface area contributed by atoms with Crippen molar-refractivity contribution in [3.05, 3.63) is 35.9 Å². The summed E-state index contributed by atoms with van der Waals surface area (Å²) in [5.41, 5.74) is 0.473. The third kappa shape index (κ3) is 6.63. The van der Waals surface area contributed by atoms with E-state index in [-0.39, 0.29) is 29.9 Å². The first-order valence-electron chi connectivity index (χ1n) is 9.44. The lowest BCUT2D eigenvalue weighted by atomic mass is 10.0. The van der Waals surface area contributed by atoms with Crippen molar-refractivity contribution in [1.29, 1.82) is 0 Å². The highest BCUT2D eigenvalue weighted by Crippen LogP contribution is 2.28. The molecule has 2 amide bonds. The van der Waals surface area contributed by atoms with Gasteiger partial charge in [0.2, 0.25) is 17.0 Å². The Hall–Kier alpha value is -2.42. The topological polar surface area (TPSA) is 99.8 Å². The van der Waals surface area contributed by atoms with Gasteiger partial charge in [-0.1, -0.05) is 37.4 Å². The van der Waals surface area contributed by atoms with Crippen molar-refractivity contribution in [2.24, 2.45) is 5.92 Å². The molecule has 1 aliphatic rings. The molecular weight excluding hydrogens is 381 g/mol. The quantitative estimate of drug-likeness (QED) is 0.557. The molecule has 0 saturated heterocycles. The summed E-state index contributed by atoms with van der Waals surface area (Å²) in [6, 6.07) is 5.42. The second-order valence-electron chi connectivity index (χ2n) is 6.87. The number of thioether (sulfide) groups is 1. The number of carbonyl (C=O) groups is 2. The Bertz CT molecular complexity index is 790. The lowest BCUT2D eigenvalue weighted by molar-refractivity contribution is -0.122. The molecule has 28 heavy (non-hydrogen) atoms. The van der Waals surface area contributed by atoms with Crippen LogP contribution in [0.15, 0.2) is 29.4 Å². The highest BCUT2D eigenvalue weighted by atomic mass is 32.2. The number of nitrogens with zero attached hydrogens (tertiary/aromatic N) is 2. The van der Waals surface area contributed by atoms with E-state index < -0.39 is 0 Å². The smallest absolute Gasteiger partial charge is 0.243 e. The first kappa shape index (κ1) is 20.3. The van der Waals surface area contributed by atoms with Crippen LogP contribution in [0.1, 0.15) is 37.9 Å². The molecule has 1 heterocycles. The third-order valence-corrected chi connectivity index (χ3v) is 5.53. The zero-order chi connectivity index (χ0) is 19.8. The molecule has 0 spiro atoms. The monoisotopic (exact) mass is 405 g/mol. The molecule has 3 rings (SSSR count). The van der Waals surface area contributed by atoms with Gasteiger partial charge in [-0.05, 0) is 36.6 Å². The van der Waals surface area contributed by atoms with E-state index in [2.05, 4.69) is 25.8 Å². The van der Waals surface area contributed by atoms with Crippen molar-refractivity contribution in [2.45, 2.75) is 43.7 Å². The van der Waals surface area contributed by atoms with Crippen LogP contribution < -0.4 is 10.6 Å². The molecule has 3 N–H and O–H groups in total. The summed E-state index contributed by atoms with van der Waals surface area (Å²) in [4.78, 5) is 28.1. The van der Waals surface area contributed by atoms with Gasteiger partial charge in [0.05, 0.1) is 12.3 Å². The standard InChI is InChI=1S/C19H24FN5O2S/c20-14-6-8-15(9-7-14)22-17(26)11-21-18(27)12-28-19-23-16(24-25-19)10-5-13-3-1-2-4-13/h6-9,13H,1-5,10-12H2,(H,21,27)(H,22,26)(H,23,24,25). The average molecular weight is 405 g/mol. The average Bonchev–Trinajstić information content (AvgIpc) is 3.36. The van der Waals surface area contributed by atoms with Gasteiger partial charge in [0.25, 0.3) is 0 Å². The van der Waals surface area contributed by atoms with Crippen LogP contribution >= 0.6 is 11.8 Å². The number of anilines is 1. The Labute approximate surface area is 167 Å². The van der Waals surface area contributed by atoms with Crippen molar-refractivity contribution in [2.75, 3.05) is 17.6 Å². The largest absolute Gasteiger partial charge is 0.346 e. The number of H-pyrrole nitrogens is 1. The van der Waals surface area contributed by atoms with Crippen LogP contribution in [0.25, 0.3) is 0 Å². The van der Waals surface area contributed by atoms with Gasteiger partial charge in [0.15, 0.2) is 0 Å². The van der Waals surface area contributed by atoms with Gasteiger partial charge in [0.1, 0.15) is 11.6 Å². The summed E-state index contributed by atoms with van der Waals surface area (Å²) in [6.07, 6.45) is 7.30. The van der Waals surface area contributed by atoms with Crippen molar-refractivity contribution in [3.8, 4) is 0 Å². The van der Waals surface area contributed by atoms with Crippen molar-refractivity contribution >= 4 is 29.3 Å². The van der Waals surface area contributed by atoms with E-state index in [0.717, 1.165) is 24.6 Å². The number of carbonyl (C=O) groups excluding carboxylic acids is 2. The molecule has 7 nitrogen and oxygen atoms in total. The van der Waals surface area contributed by atoms with E-state index in [1.165, 1.54) is 61.7 Å². The number of hydrogen-bond donors (Lipinski definition) is 3. The second-order valence-corrected chi connectivity index (χ2v) is 7.82. The molecule has 2 aromatic rings. The fraction of sp³-hybridized carbons (Fsp3) is 0.474. The van der Waals surface area contributed by atoms with Crippen LogP contribution in [-0.4, -0.2) is 39.3 Å². The highest BCUT2D eigenvalue weighted by molar-refractivity contribution is 7.99. The molecule has 1 aromatic carbocycles. The van der Waals surface area contributed by atoms with Crippen LogP contribution in [0.4, 0.5) is 10.1 Å². The summed E-state index contributed by atoms with van der Waals surface area (Å²) >= 11 is 1.23. The fourth-order valence-corrected chi connectivity index (χ4v) is 3.84. The fourth-order valence-electron chi connectivity index (χ4n) is 3.19. The molecule has 0 atom stereocenters. The van der Waals surface area contributed by atoms with E-state index in [0.29, 0.717) is 10.8 Å². The Balaban J connectivity index is 1.32. The maximum Gasteiger partial charge on any atom is 0.243 e. The van der Waals surface area contributed by atoms with Crippen molar-refractivity contribution in [1.82, 2.24) is 20.5 Å². The normalized spacial score (nSPS) is 14.2. The van der Waals surface area contributed by atoms with Gasteiger partial charge in [-0.2, -0.15) is 0 Å². The van der Waals surface area contributed by atoms with E-state index >= 15 is 0 Å². The number of aromatic amines is 1. The molecular formula is C19H24FN5O2S. The molecule has 1 saturated carbocycles. The van der Waals surface area contributed by atoms with Gasteiger partial charge in [-0.15, -0.1) is 5.10 Å². The van der Waals surface area contributed by atoms with Crippen LogP contribution in [0.3, 0.4) is 0 Å². The minimum atomic E-state index is -0.378. The minimum Gasteiger partial charge on any atom is -0.346 e. The van der Waals surface area contributed by atoms with Crippen molar-refractivity contribution < 1.29 is 14.0 Å². The van der Waals surface area contributed by atoms with E-state index in [4.69, 9.17) is 0 Å². The molecule has 0 unspecified atom stereocenters. The first-order chi connectivity index (χ1) is 13.6. The zero-order valence-electron chi connectivity index (χ0n) is 15.5. The van der Waals surface area contributed by atoms with Gasteiger partial charge < -0.3 is 10.6 Å². The number of aryl methyl sites for hydroxylation is 1. The summed E-state index contributed by atoms with van der Waals surface area (Å²) in [5, 5.41) is 12.7. The predicted molar refractivity (Wildman–Crippen MR) is 105 cm³/mol. The van der Waals surface area contributed by atoms with Crippen LogP contribution in [0.2, 0.25) is 0 Å². The Kier molecular flexibility index (Phi) is 7.41. The van der Waals surface area contributed by atoms with E-state index in [1.807, 2.05) is 0 Å². The van der Waals surface area contributed by atoms with Gasteiger partial charge >= 0.3 is 0 Å². The maximum absolute atomic E-state index is 12.8. The molecule has 1 aromatic heterocycles. The summed E-state index contributed by atoms with van der Waals surface area (Å²) < 4.78 is 12.8. The van der Waals surface area contributed by atoms with E-state index in [1.54, 1.807) is 0 Å². The minimum absolute atomic E-state index is 0.129. The van der Waals surface area contributed by atoms with Gasteiger partial charge in [-0.25, -0.2) is 9.37 Å². The summed E-state index contributed by atoms with van der Waals surface area (Å²) in [6.45, 7) is -0.155. The molecule has 0 radical (unpaired) electrons. The Morgan fingerprint density at radius 3 is 2.68 bits per heavy atom. The Morgan fingerprint density at radius 2 is 1.93 bits per heavy atom. The number of aromatic nitrogens is 3. The number of amides is 2. The number of benzene rings is 1. The van der Waals surface area contributed by atoms with Crippen LogP contribution in [-0.2, 0) is 16.0 Å². The SMILES string of the molecule is O=C(CSc1n[nH]c(CCC2CCCC2)n1)NCC(=O)Nc1ccc(F)cc1. The summed E-state index contributed by atoms with van der Waals surface area (Å²) in [5.74, 6) is 0.746. The number of hydrogen-bond acceptors (Lipinski definition) is 5. The second kappa shape index (κ2) is 10.2. The molecule has 150 valence electrons. The molecule has 1 fully saturated rings. The molecule has 1 aliphatic carbocycles. The van der Waals surface area contributed by atoms with Gasteiger partial charge in [-0.3, -0.25) is 14.7 Å². The number of nitrogens with one attached hydrogen (secondary N) is 3. The summed E-state index contributed by atoms with van der Waals surface area (Å²) in [7, 11) is 0. The zero-order valence-corrected chi connectivity index (χ0v) is 16.4. The maximum atomic E-state index is 12.8. The van der Waals surface area contributed by atoms with Crippen LogP contribution in [0, 0.1) is 11.7 Å². The molecule has 0 bridgehead atoms. The van der Waals surface area contributed by atoms with Crippen molar-refractivity contribution in [3.63, 3.8) is 0 Å². The van der Waals surface area contributed by atoms with Crippen LogP contribution in [0.5, 0.6) is 0 Å². The number of rotatable bonds is 9.